The first kappa shape index (κ1) is 19.2. The van der Waals surface area contributed by atoms with Crippen LogP contribution in [0, 0.1) is 10.1 Å². The van der Waals surface area contributed by atoms with Gasteiger partial charge in [0.15, 0.2) is 0 Å². The number of rotatable bonds is 6. The molecule has 0 aliphatic rings. The van der Waals surface area contributed by atoms with Crippen LogP contribution in [0.25, 0.3) is 0 Å². The molecule has 0 saturated carbocycles. The zero-order chi connectivity index (χ0) is 19.3. The third-order valence-corrected chi connectivity index (χ3v) is 5.19. The fourth-order valence-corrected chi connectivity index (χ4v) is 2.94. The van der Waals surface area contributed by atoms with E-state index >= 15 is 0 Å². The highest BCUT2D eigenvalue weighted by atomic mass is 32.2. The number of hydrogen-bond donors (Lipinski definition) is 1. The second kappa shape index (κ2) is 7.85. The molecule has 0 radical (unpaired) electrons. The number of nitrogens with zero attached hydrogens (tertiary/aromatic N) is 3. The van der Waals surface area contributed by atoms with Gasteiger partial charge in [-0.25, -0.2) is 18.1 Å². The van der Waals surface area contributed by atoms with Gasteiger partial charge in [0.05, 0.1) is 21.6 Å². The van der Waals surface area contributed by atoms with E-state index in [1.807, 2.05) is 0 Å². The minimum atomic E-state index is -3.67. The minimum absolute atomic E-state index is 0.0298. The average molecular weight is 376 g/mol. The molecule has 136 valence electrons. The molecule has 0 aliphatic heterocycles. The van der Waals surface area contributed by atoms with E-state index in [4.69, 9.17) is 0 Å². The van der Waals surface area contributed by atoms with Crippen LogP contribution in [-0.4, -0.2) is 43.9 Å². The summed E-state index contributed by atoms with van der Waals surface area (Å²) < 4.78 is 25.3. The number of carbonyl (C=O) groups is 1. The van der Waals surface area contributed by atoms with Crippen LogP contribution in [0.15, 0.2) is 58.5 Å². The molecule has 10 heteroatoms. The summed E-state index contributed by atoms with van der Waals surface area (Å²) in [6.45, 7) is 0. The van der Waals surface area contributed by atoms with Gasteiger partial charge in [0, 0.05) is 25.7 Å². The maximum atomic E-state index is 12.1. The Balaban J connectivity index is 2.18. The van der Waals surface area contributed by atoms with Crippen LogP contribution < -0.4 is 5.43 Å². The van der Waals surface area contributed by atoms with Crippen LogP contribution in [-0.2, 0) is 10.0 Å². The number of benzene rings is 2. The van der Waals surface area contributed by atoms with Gasteiger partial charge in [-0.15, -0.1) is 0 Å². The molecule has 1 N–H and O–H groups in total. The van der Waals surface area contributed by atoms with E-state index in [9.17, 15) is 23.3 Å². The number of sulfonamides is 1. The average Bonchev–Trinajstić information content (AvgIpc) is 2.61. The predicted molar refractivity (Wildman–Crippen MR) is 95.5 cm³/mol. The van der Waals surface area contributed by atoms with Crippen LogP contribution in [0.5, 0.6) is 0 Å². The van der Waals surface area contributed by atoms with Gasteiger partial charge in [0.25, 0.3) is 11.6 Å². The smallest absolute Gasteiger partial charge is 0.267 e. The largest absolute Gasteiger partial charge is 0.278 e. The Bertz CT molecular complexity index is 970. The topological polar surface area (TPSA) is 122 Å². The third kappa shape index (κ3) is 4.29. The summed E-state index contributed by atoms with van der Waals surface area (Å²) in [7, 11) is -0.896. The molecule has 0 aromatic heterocycles. The lowest BCUT2D eigenvalue weighted by Crippen LogP contribution is -2.23. The molecule has 0 unspecified atom stereocenters. The maximum absolute atomic E-state index is 12.1. The van der Waals surface area contributed by atoms with E-state index < -0.39 is 20.9 Å². The maximum Gasteiger partial charge on any atom is 0.278 e. The lowest BCUT2D eigenvalue weighted by atomic mass is 10.2. The highest BCUT2D eigenvalue weighted by Crippen LogP contribution is 2.16. The Morgan fingerprint density at radius 2 is 1.88 bits per heavy atom. The van der Waals surface area contributed by atoms with Crippen molar-refractivity contribution in [2.45, 2.75) is 4.90 Å². The van der Waals surface area contributed by atoms with Crippen molar-refractivity contribution in [2.75, 3.05) is 14.1 Å². The molecule has 0 aliphatic carbocycles. The Morgan fingerprint density at radius 3 is 2.54 bits per heavy atom. The highest BCUT2D eigenvalue weighted by molar-refractivity contribution is 7.89. The molecule has 0 heterocycles. The molecule has 0 bridgehead atoms. The monoisotopic (exact) mass is 376 g/mol. The molecule has 0 fully saturated rings. The first-order valence-corrected chi connectivity index (χ1v) is 8.77. The normalized spacial score (nSPS) is 11.7. The fraction of sp³-hybridized carbons (Fsp3) is 0.125. The van der Waals surface area contributed by atoms with E-state index in [-0.39, 0.29) is 21.7 Å². The summed E-state index contributed by atoms with van der Waals surface area (Å²) in [4.78, 5) is 22.5. The zero-order valence-corrected chi connectivity index (χ0v) is 14.8. The summed E-state index contributed by atoms with van der Waals surface area (Å²) in [5.41, 5.74) is 2.39. The second-order valence-electron chi connectivity index (χ2n) is 5.33. The van der Waals surface area contributed by atoms with Crippen molar-refractivity contribution >= 4 is 27.8 Å². The van der Waals surface area contributed by atoms with Crippen molar-refractivity contribution in [1.82, 2.24) is 9.73 Å². The fourth-order valence-electron chi connectivity index (χ4n) is 2.00. The van der Waals surface area contributed by atoms with Gasteiger partial charge in [0.2, 0.25) is 10.0 Å². The number of carbonyl (C=O) groups excluding carboxylic acids is 1. The quantitative estimate of drug-likeness (QED) is 0.466. The van der Waals surface area contributed by atoms with Gasteiger partial charge in [-0.2, -0.15) is 5.10 Å². The molecule has 9 nitrogen and oxygen atoms in total. The van der Waals surface area contributed by atoms with Crippen LogP contribution in [0.1, 0.15) is 15.9 Å². The second-order valence-corrected chi connectivity index (χ2v) is 7.48. The van der Waals surface area contributed by atoms with Gasteiger partial charge in [-0.3, -0.25) is 14.9 Å². The zero-order valence-electron chi connectivity index (χ0n) is 14.0. The summed E-state index contributed by atoms with van der Waals surface area (Å²) in [6.07, 6.45) is 1.15. The first-order valence-electron chi connectivity index (χ1n) is 7.33. The predicted octanol–water partition coefficient (Wildman–Crippen LogP) is 1.61. The van der Waals surface area contributed by atoms with Gasteiger partial charge in [-0.05, 0) is 24.3 Å². The highest BCUT2D eigenvalue weighted by Gasteiger charge is 2.18. The van der Waals surface area contributed by atoms with Gasteiger partial charge < -0.3 is 0 Å². The standard InChI is InChI=1S/C16H16N4O5S/c1-19(2)26(24,25)14-8-5-7-12(10-14)16(21)18-17-11-13-6-3-4-9-15(13)20(22)23/h3-11H,1-2H3,(H,18,21)/b17-11-. The van der Waals surface area contributed by atoms with Gasteiger partial charge >= 0.3 is 0 Å². The number of hydrazone groups is 1. The van der Waals surface area contributed by atoms with Crippen LogP contribution in [0.3, 0.4) is 0 Å². The lowest BCUT2D eigenvalue weighted by molar-refractivity contribution is -0.385. The molecule has 0 saturated heterocycles. The molecule has 26 heavy (non-hydrogen) atoms. The van der Waals surface area contributed by atoms with Crippen molar-refractivity contribution < 1.29 is 18.1 Å². The summed E-state index contributed by atoms with van der Waals surface area (Å²) in [6, 6.07) is 11.4. The van der Waals surface area contributed by atoms with Crippen LogP contribution in [0.4, 0.5) is 5.69 Å². The SMILES string of the molecule is CN(C)S(=O)(=O)c1cccc(C(=O)N/N=C\c2ccccc2[N+](=O)[O-])c1. The number of amides is 1. The Morgan fingerprint density at radius 1 is 1.19 bits per heavy atom. The van der Waals surface area contributed by atoms with E-state index in [0.717, 1.165) is 10.5 Å². The number of para-hydroxylation sites is 1. The summed E-state index contributed by atoms with van der Waals surface area (Å²) in [5.74, 6) is -0.643. The van der Waals surface area contributed by atoms with Crippen molar-refractivity contribution in [3.8, 4) is 0 Å². The number of hydrogen-bond acceptors (Lipinski definition) is 6. The number of nitro groups is 1. The summed E-state index contributed by atoms with van der Waals surface area (Å²) in [5, 5.41) is 14.6. The van der Waals surface area contributed by atoms with E-state index in [0.29, 0.717) is 0 Å². The van der Waals surface area contributed by atoms with E-state index in [1.165, 1.54) is 56.6 Å². The minimum Gasteiger partial charge on any atom is -0.267 e. The molecule has 0 spiro atoms. The molecule has 0 atom stereocenters. The Labute approximate surface area is 150 Å². The van der Waals surface area contributed by atoms with E-state index in [1.54, 1.807) is 6.07 Å². The Kier molecular flexibility index (Phi) is 5.80. The Hall–Kier alpha value is -3.11. The first-order chi connectivity index (χ1) is 12.2. The van der Waals surface area contributed by atoms with Crippen LogP contribution in [0.2, 0.25) is 0 Å². The molecular weight excluding hydrogens is 360 g/mol. The molecule has 2 rings (SSSR count). The lowest BCUT2D eigenvalue weighted by Gasteiger charge is -2.11. The number of nitro benzene ring substituents is 1. The van der Waals surface area contributed by atoms with E-state index in [2.05, 4.69) is 10.5 Å². The van der Waals surface area contributed by atoms with Crippen LogP contribution >= 0.6 is 0 Å². The molecule has 1 amide bonds. The van der Waals surface area contributed by atoms with Crippen molar-refractivity contribution in [3.63, 3.8) is 0 Å². The molecule has 2 aromatic carbocycles. The number of nitrogens with one attached hydrogen (secondary N) is 1. The van der Waals surface area contributed by atoms with Crippen molar-refractivity contribution in [3.05, 3.63) is 69.8 Å². The van der Waals surface area contributed by atoms with Gasteiger partial charge in [0.1, 0.15) is 0 Å². The third-order valence-electron chi connectivity index (χ3n) is 3.38. The van der Waals surface area contributed by atoms with Crippen molar-refractivity contribution in [2.24, 2.45) is 5.10 Å². The summed E-state index contributed by atoms with van der Waals surface area (Å²) >= 11 is 0. The van der Waals surface area contributed by atoms with Gasteiger partial charge in [-0.1, -0.05) is 18.2 Å². The molecular formula is C16H16N4O5S. The van der Waals surface area contributed by atoms with Crippen molar-refractivity contribution in [1.29, 1.82) is 0 Å². The molecule has 2 aromatic rings.